The minimum Gasteiger partial charge on any atom is -0.358 e. The zero-order valence-electron chi connectivity index (χ0n) is 10.6. The van der Waals surface area contributed by atoms with Crippen molar-refractivity contribution in [2.45, 2.75) is 0 Å². The highest BCUT2D eigenvalue weighted by molar-refractivity contribution is 6.42. The molecule has 0 radical (unpaired) electrons. The van der Waals surface area contributed by atoms with Gasteiger partial charge in [-0.15, -0.1) is 0 Å². The van der Waals surface area contributed by atoms with Crippen LogP contribution in [0.5, 0.6) is 0 Å². The average molecular weight is 320 g/mol. The number of hydrogen-bond acceptors (Lipinski definition) is 1. The molecule has 2 heterocycles. The molecule has 0 saturated heterocycles. The summed E-state index contributed by atoms with van der Waals surface area (Å²) in [6.45, 7) is 0. The van der Waals surface area contributed by atoms with Crippen LogP contribution in [0.25, 0.3) is 27.6 Å². The highest BCUT2D eigenvalue weighted by Crippen LogP contribution is 2.29. The number of nitrogens with zero attached hydrogens (tertiary/aromatic N) is 2. The van der Waals surface area contributed by atoms with E-state index in [1.165, 1.54) is 6.20 Å². The highest BCUT2D eigenvalue weighted by atomic mass is 35.5. The maximum absolute atomic E-state index is 13.5. The number of aromatic amines is 1. The van der Waals surface area contributed by atoms with Crippen molar-refractivity contribution < 1.29 is 4.39 Å². The third-order valence-corrected chi connectivity index (χ3v) is 4.20. The molecule has 0 aliphatic rings. The van der Waals surface area contributed by atoms with Crippen molar-refractivity contribution in [3.05, 3.63) is 58.7 Å². The molecule has 2 aromatic carbocycles. The molecule has 0 amide bonds. The first-order chi connectivity index (χ1) is 10.1. The Hall–Kier alpha value is -2.04. The molecule has 0 saturated carbocycles. The Balaban J connectivity index is 1.97. The molecule has 4 rings (SSSR count). The first-order valence-corrected chi connectivity index (χ1v) is 6.98. The quantitative estimate of drug-likeness (QED) is 0.529. The molecule has 0 spiro atoms. The Morgan fingerprint density at radius 1 is 1.10 bits per heavy atom. The minimum atomic E-state index is -0.262. The number of aromatic nitrogens is 3. The largest absolute Gasteiger partial charge is 0.358 e. The fourth-order valence-corrected chi connectivity index (χ4v) is 2.75. The van der Waals surface area contributed by atoms with Gasteiger partial charge >= 0.3 is 0 Å². The molecule has 0 bridgehead atoms. The molecule has 1 N–H and O–H groups in total. The number of benzene rings is 2. The van der Waals surface area contributed by atoms with Gasteiger partial charge in [-0.2, -0.15) is 0 Å². The van der Waals surface area contributed by atoms with Gasteiger partial charge in [-0.25, -0.2) is 9.37 Å². The van der Waals surface area contributed by atoms with Crippen LogP contribution < -0.4 is 0 Å². The van der Waals surface area contributed by atoms with Crippen LogP contribution >= 0.6 is 23.2 Å². The predicted octanol–water partition coefficient (Wildman–Crippen LogP) is 4.95. The van der Waals surface area contributed by atoms with Gasteiger partial charge in [0.2, 0.25) is 0 Å². The Kier molecular flexibility index (Phi) is 2.71. The summed E-state index contributed by atoms with van der Waals surface area (Å²) in [6.07, 6.45) is 3.04. The van der Waals surface area contributed by atoms with Gasteiger partial charge in [0.25, 0.3) is 0 Å². The minimum absolute atomic E-state index is 0.262. The number of imidazole rings is 1. The number of fused-ring (bicyclic) bond motifs is 2. The lowest BCUT2D eigenvalue weighted by Crippen LogP contribution is -1.91. The van der Waals surface area contributed by atoms with Crippen molar-refractivity contribution in [2.75, 3.05) is 0 Å². The maximum atomic E-state index is 13.5. The fraction of sp³-hybridized carbons (Fsp3) is 0. The summed E-state index contributed by atoms with van der Waals surface area (Å²) < 4.78 is 15.4. The van der Waals surface area contributed by atoms with Crippen LogP contribution in [0.15, 0.2) is 42.9 Å². The highest BCUT2D eigenvalue weighted by Gasteiger charge is 2.10. The number of H-pyrrole nitrogens is 1. The zero-order valence-corrected chi connectivity index (χ0v) is 12.1. The van der Waals surface area contributed by atoms with Gasteiger partial charge in [0.05, 0.1) is 26.6 Å². The average Bonchev–Trinajstić information content (AvgIpc) is 3.03. The van der Waals surface area contributed by atoms with E-state index in [0.717, 1.165) is 22.2 Å². The predicted molar refractivity (Wildman–Crippen MR) is 82.9 cm³/mol. The SMILES string of the molecule is Fc1c[nH]c2cc(-n3cnc4cc(Cl)c(Cl)cc43)ccc12. The molecular weight excluding hydrogens is 312 g/mol. The van der Waals surface area contributed by atoms with Crippen LogP contribution in [0, 0.1) is 5.82 Å². The summed E-state index contributed by atoms with van der Waals surface area (Å²) >= 11 is 12.1. The van der Waals surface area contributed by atoms with Crippen molar-refractivity contribution in [3.63, 3.8) is 0 Å². The maximum Gasteiger partial charge on any atom is 0.148 e. The monoisotopic (exact) mass is 319 g/mol. The standard InChI is InChI=1S/C15H8Cl2FN3/c16-10-4-14-15(5-11(10)17)21(7-20-14)8-1-2-9-12(18)6-19-13(9)3-8/h1-7,19H. The van der Waals surface area contributed by atoms with E-state index in [0.29, 0.717) is 15.4 Å². The van der Waals surface area contributed by atoms with Crippen molar-refractivity contribution in [1.82, 2.24) is 14.5 Å². The molecule has 3 nitrogen and oxygen atoms in total. The van der Waals surface area contributed by atoms with E-state index >= 15 is 0 Å². The number of hydrogen-bond donors (Lipinski definition) is 1. The first kappa shape index (κ1) is 12.7. The van der Waals surface area contributed by atoms with Crippen molar-refractivity contribution in [2.24, 2.45) is 0 Å². The molecule has 0 fully saturated rings. The molecule has 0 aliphatic carbocycles. The number of rotatable bonds is 1. The third-order valence-electron chi connectivity index (χ3n) is 3.48. The van der Waals surface area contributed by atoms with E-state index in [2.05, 4.69) is 9.97 Å². The second-order valence-electron chi connectivity index (χ2n) is 4.74. The van der Waals surface area contributed by atoms with Gasteiger partial charge in [0.15, 0.2) is 0 Å². The van der Waals surface area contributed by atoms with E-state index in [1.807, 2.05) is 16.7 Å². The van der Waals surface area contributed by atoms with E-state index in [-0.39, 0.29) is 5.82 Å². The summed E-state index contributed by atoms with van der Waals surface area (Å²) in [5.41, 5.74) is 3.19. The van der Waals surface area contributed by atoms with Gasteiger partial charge in [-0.1, -0.05) is 23.2 Å². The lowest BCUT2D eigenvalue weighted by atomic mass is 10.2. The van der Waals surface area contributed by atoms with Gasteiger partial charge < -0.3 is 4.98 Å². The van der Waals surface area contributed by atoms with E-state index < -0.39 is 0 Å². The van der Waals surface area contributed by atoms with E-state index in [9.17, 15) is 4.39 Å². The Bertz CT molecular complexity index is 987. The van der Waals surface area contributed by atoms with Gasteiger partial charge in [-0.05, 0) is 30.3 Å². The lowest BCUT2D eigenvalue weighted by molar-refractivity contribution is 0.639. The molecule has 0 atom stereocenters. The zero-order chi connectivity index (χ0) is 14.6. The summed E-state index contributed by atoms with van der Waals surface area (Å²) in [6, 6.07) is 8.93. The van der Waals surface area contributed by atoms with E-state index in [4.69, 9.17) is 23.2 Å². The van der Waals surface area contributed by atoms with Gasteiger partial charge in [0.1, 0.15) is 12.1 Å². The van der Waals surface area contributed by atoms with Gasteiger partial charge in [-0.3, -0.25) is 4.57 Å². The molecular formula is C15H8Cl2FN3. The molecule has 0 unspecified atom stereocenters. The van der Waals surface area contributed by atoms with E-state index in [1.54, 1.807) is 24.5 Å². The third kappa shape index (κ3) is 1.91. The van der Waals surface area contributed by atoms with Crippen LogP contribution in [0.1, 0.15) is 0 Å². The summed E-state index contributed by atoms with van der Waals surface area (Å²) in [4.78, 5) is 7.22. The Morgan fingerprint density at radius 2 is 1.90 bits per heavy atom. The summed E-state index contributed by atoms with van der Waals surface area (Å²) in [5, 5.41) is 1.50. The first-order valence-electron chi connectivity index (χ1n) is 6.22. The van der Waals surface area contributed by atoms with Gasteiger partial charge in [0, 0.05) is 17.3 Å². The lowest BCUT2D eigenvalue weighted by Gasteiger charge is -2.05. The Labute approximate surface area is 128 Å². The van der Waals surface area contributed by atoms with Crippen LogP contribution in [0.4, 0.5) is 4.39 Å². The smallest absolute Gasteiger partial charge is 0.148 e. The van der Waals surface area contributed by atoms with Crippen molar-refractivity contribution in [3.8, 4) is 5.69 Å². The summed E-state index contributed by atoms with van der Waals surface area (Å²) in [7, 11) is 0. The number of nitrogens with one attached hydrogen (secondary N) is 1. The molecule has 0 aliphatic heterocycles. The van der Waals surface area contributed by atoms with Crippen LogP contribution in [0.3, 0.4) is 0 Å². The van der Waals surface area contributed by atoms with Crippen LogP contribution in [-0.2, 0) is 0 Å². The molecule has 6 heteroatoms. The normalized spacial score (nSPS) is 11.6. The second kappa shape index (κ2) is 4.48. The topological polar surface area (TPSA) is 33.6 Å². The molecule has 104 valence electrons. The molecule has 21 heavy (non-hydrogen) atoms. The summed E-state index contributed by atoms with van der Waals surface area (Å²) in [5.74, 6) is -0.262. The number of halogens is 3. The van der Waals surface area contributed by atoms with Crippen LogP contribution in [0.2, 0.25) is 10.0 Å². The van der Waals surface area contributed by atoms with Crippen molar-refractivity contribution >= 4 is 45.1 Å². The van der Waals surface area contributed by atoms with Crippen molar-refractivity contribution in [1.29, 1.82) is 0 Å². The fourth-order valence-electron chi connectivity index (χ4n) is 2.44. The van der Waals surface area contributed by atoms with Crippen LogP contribution in [-0.4, -0.2) is 14.5 Å². The Morgan fingerprint density at radius 3 is 2.76 bits per heavy atom. The molecule has 2 aromatic heterocycles. The second-order valence-corrected chi connectivity index (χ2v) is 5.55. The molecule has 4 aromatic rings.